The van der Waals surface area contributed by atoms with Gasteiger partial charge in [-0.2, -0.15) is 0 Å². The molecule has 2 aromatic rings. The Hall–Kier alpha value is -1.39. The van der Waals surface area contributed by atoms with E-state index in [1.54, 1.807) is 11.8 Å². The summed E-state index contributed by atoms with van der Waals surface area (Å²) in [4.78, 5) is 5.49. The zero-order chi connectivity index (χ0) is 11.1. The van der Waals surface area contributed by atoms with E-state index in [0.717, 1.165) is 16.9 Å². The fourth-order valence-corrected chi connectivity index (χ4v) is 2.77. The highest BCUT2D eigenvalue weighted by molar-refractivity contribution is 8.03. The fraction of sp³-hybridized carbons (Fsp3) is 0.167. The van der Waals surface area contributed by atoms with Crippen molar-refractivity contribution in [1.29, 1.82) is 0 Å². The predicted molar refractivity (Wildman–Crippen MR) is 69.6 cm³/mol. The minimum Gasteiger partial charge on any atom is -0.353 e. The van der Waals surface area contributed by atoms with E-state index in [-0.39, 0.29) is 5.50 Å². The number of aromatic nitrogens is 1. The number of hydrogen-bond acceptors (Lipinski definition) is 3. The van der Waals surface area contributed by atoms with Gasteiger partial charge in [0.1, 0.15) is 5.50 Å². The summed E-state index contributed by atoms with van der Waals surface area (Å²) < 4.78 is 0. The number of nitrogens with one attached hydrogen (secondary N) is 1. The van der Waals surface area contributed by atoms with Crippen molar-refractivity contribution in [3.05, 3.63) is 41.4 Å². The van der Waals surface area contributed by atoms with Crippen molar-refractivity contribution in [3.8, 4) is 0 Å². The highest BCUT2D eigenvalue weighted by atomic mass is 32.2. The second-order valence-corrected chi connectivity index (χ2v) is 4.90. The minimum atomic E-state index is 0.0291. The monoisotopic (exact) mass is 231 g/mol. The van der Waals surface area contributed by atoms with Gasteiger partial charge in [-0.25, -0.2) is 0 Å². The topological polar surface area (TPSA) is 45.0 Å². The largest absolute Gasteiger partial charge is 0.353 e. The van der Waals surface area contributed by atoms with Crippen molar-refractivity contribution in [2.45, 2.75) is 5.50 Å². The fourth-order valence-electron chi connectivity index (χ4n) is 1.91. The van der Waals surface area contributed by atoms with Crippen LogP contribution < -0.4 is 5.73 Å². The number of nitrogens with zero attached hydrogens (tertiary/aromatic N) is 1. The number of thioether (sulfide) groups is 1. The van der Waals surface area contributed by atoms with Crippen molar-refractivity contribution >= 4 is 28.4 Å². The highest BCUT2D eigenvalue weighted by Crippen LogP contribution is 2.33. The van der Waals surface area contributed by atoms with E-state index in [1.165, 1.54) is 5.39 Å². The van der Waals surface area contributed by atoms with Crippen LogP contribution in [-0.4, -0.2) is 22.4 Å². The first-order valence-corrected chi connectivity index (χ1v) is 6.12. The molecular formula is C12H13N3S. The molecule has 1 aliphatic rings. The lowest BCUT2D eigenvalue weighted by Gasteiger charge is -2.19. The average Bonchev–Trinajstić information content (AvgIpc) is 2.84. The minimum absolute atomic E-state index is 0.0291. The molecule has 0 spiro atoms. The van der Waals surface area contributed by atoms with Crippen LogP contribution in [0.4, 0.5) is 0 Å². The van der Waals surface area contributed by atoms with Crippen LogP contribution >= 0.6 is 11.8 Å². The van der Waals surface area contributed by atoms with Crippen LogP contribution in [0.3, 0.4) is 0 Å². The number of hydrogen-bond donors (Lipinski definition) is 2. The smallest absolute Gasteiger partial charge is 0.129 e. The average molecular weight is 231 g/mol. The van der Waals surface area contributed by atoms with Gasteiger partial charge in [-0.15, -0.1) is 0 Å². The van der Waals surface area contributed by atoms with Crippen molar-refractivity contribution in [1.82, 2.24) is 9.88 Å². The Morgan fingerprint density at radius 2 is 2.19 bits per heavy atom. The van der Waals surface area contributed by atoms with Gasteiger partial charge in [-0.1, -0.05) is 30.0 Å². The summed E-state index contributed by atoms with van der Waals surface area (Å²) in [5.74, 6) is 0. The van der Waals surface area contributed by atoms with E-state index < -0.39 is 0 Å². The Labute approximate surface area is 98.3 Å². The molecule has 1 atom stereocenters. The maximum atomic E-state index is 5.92. The third kappa shape index (κ3) is 1.42. The number of nitrogens with two attached hydrogens (primary N) is 1. The summed E-state index contributed by atoms with van der Waals surface area (Å²) in [7, 11) is 2.02. The number of benzene rings is 1. The SMILES string of the molecule is CN1C(c2cc3ccccc3[nH]2)=CSC1N. The Morgan fingerprint density at radius 3 is 2.88 bits per heavy atom. The van der Waals surface area contributed by atoms with Crippen molar-refractivity contribution in [3.63, 3.8) is 0 Å². The summed E-state index contributed by atoms with van der Waals surface area (Å²) in [5.41, 5.74) is 9.41. The molecule has 1 aliphatic heterocycles. The molecule has 3 N–H and O–H groups in total. The van der Waals surface area contributed by atoms with Gasteiger partial charge in [0.05, 0.1) is 11.4 Å². The molecular weight excluding hydrogens is 218 g/mol. The molecule has 1 aromatic carbocycles. The maximum Gasteiger partial charge on any atom is 0.129 e. The zero-order valence-electron chi connectivity index (χ0n) is 8.97. The Bertz CT molecular complexity index is 525. The van der Waals surface area contributed by atoms with Crippen LogP contribution in [-0.2, 0) is 0 Å². The van der Waals surface area contributed by atoms with E-state index in [1.807, 2.05) is 19.2 Å². The zero-order valence-corrected chi connectivity index (χ0v) is 9.79. The van der Waals surface area contributed by atoms with Crippen LogP contribution in [0, 0.1) is 0 Å². The molecule has 1 unspecified atom stereocenters. The van der Waals surface area contributed by atoms with Crippen molar-refractivity contribution in [2.24, 2.45) is 5.73 Å². The first-order valence-electron chi connectivity index (χ1n) is 5.18. The number of H-pyrrole nitrogens is 1. The molecule has 0 saturated carbocycles. The normalized spacial score (nSPS) is 20.5. The molecule has 4 heteroatoms. The van der Waals surface area contributed by atoms with Crippen LogP contribution in [0.15, 0.2) is 35.7 Å². The highest BCUT2D eigenvalue weighted by Gasteiger charge is 2.21. The summed E-state index contributed by atoms with van der Waals surface area (Å²) in [6.45, 7) is 0. The van der Waals surface area contributed by atoms with Crippen LogP contribution in [0.1, 0.15) is 5.69 Å². The number of rotatable bonds is 1. The second-order valence-electron chi connectivity index (χ2n) is 3.91. The van der Waals surface area contributed by atoms with E-state index in [2.05, 4.69) is 33.5 Å². The lowest BCUT2D eigenvalue weighted by Crippen LogP contribution is -2.31. The van der Waals surface area contributed by atoms with Gasteiger partial charge in [-0.3, -0.25) is 0 Å². The van der Waals surface area contributed by atoms with Crippen LogP contribution in [0.5, 0.6) is 0 Å². The molecule has 82 valence electrons. The first-order chi connectivity index (χ1) is 7.75. The lowest BCUT2D eigenvalue weighted by atomic mass is 10.2. The quantitative estimate of drug-likeness (QED) is 0.792. The molecule has 0 saturated heterocycles. The molecule has 0 amide bonds. The molecule has 0 bridgehead atoms. The van der Waals surface area contributed by atoms with Crippen LogP contribution in [0.25, 0.3) is 16.6 Å². The van der Waals surface area contributed by atoms with Gasteiger partial charge in [-0.05, 0) is 17.5 Å². The molecule has 16 heavy (non-hydrogen) atoms. The number of para-hydroxylation sites is 1. The molecule has 0 radical (unpaired) electrons. The van der Waals surface area contributed by atoms with E-state index in [9.17, 15) is 0 Å². The summed E-state index contributed by atoms with van der Waals surface area (Å²) in [6.07, 6.45) is 0. The van der Waals surface area contributed by atoms with Crippen LogP contribution in [0.2, 0.25) is 0 Å². The maximum absolute atomic E-state index is 5.92. The van der Waals surface area contributed by atoms with Gasteiger partial charge >= 0.3 is 0 Å². The summed E-state index contributed by atoms with van der Waals surface area (Å²) >= 11 is 1.64. The molecule has 3 rings (SSSR count). The van der Waals surface area contributed by atoms with Gasteiger partial charge in [0.15, 0.2) is 0 Å². The molecule has 0 aliphatic carbocycles. The molecule has 2 heterocycles. The summed E-state index contributed by atoms with van der Waals surface area (Å²) in [5, 5.41) is 3.34. The van der Waals surface area contributed by atoms with Crippen molar-refractivity contribution < 1.29 is 0 Å². The van der Waals surface area contributed by atoms with Gasteiger partial charge in [0, 0.05) is 18.0 Å². The standard InChI is InChI=1S/C12H13N3S/c1-15-11(7-16-12(15)13)10-6-8-4-2-3-5-9(8)14-10/h2-7,12,14H,13H2,1H3. The Balaban J connectivity index is 2.07. The van der Waals surface area contributed by atoms with E-state index >= 15 is 0 Å². The number of aromatic amines is 1. The van der Waals surface area contributed by atoms with E-state index in [4.69, 9.17) is 5.73 Å². The lowest BCUT2D eigenvalue weighted by molar-refractivity contribution is 0.467. The second kappa shape index (κ2) is 3.57. The molecule has 0 fully saturated rings. The van der Waals surface area contributed by atoms with Gasteiger partial charge in [0.25, 0.3) is 0 Å². The third-order valence-electron chi connectivity index (χ3n) is 2.89. The Kier molecular flexibility index (Phi) is 2.19. The number of fused-ring (bicyclic) bond motifs is 1. The molecule has 3 nitrogen and oxygen atoms in total. The summed E-state index contributed by atoms with van der Waals surface area (Å²) in [6, 6.07) is 10.4. The van der Waals surface area contributed by atoms with Gasteiger partial charge in [0.2, 0.25) is 0 Å². The van der Waals surface area contributed by atoms with Gasteiger partial charge < -0.3 is 15.6 Å². The Morgan fingerprint density at radius 1 is 1.38 bits per heavy atom. The first kappa shape index (κ1) is 9.81. The van der Waals surface area contributed by atoms with Crippen molar-refractivity contribution in [2.75, 3.05) is 7.05 Å². The molecule has 1 aromatic heterocycles. The van der Waals surface area contributed by atoms with E-state index in [0.29, 0.717) is 0 Å². The third-order valence-corrected chi connectivity index (χ3v) is 3.84. The predicted octanol–water partition coefficient (Wildman–Crippen LogP) is 2.39.